The number of phenols is 1. The molecule has 1 aliphatic carbocycles. The highest BCUT2D eigenvalue weighted by atomic mass is 32.2. The van der Waals surface area contributed by atoms with E-state index < -0.39 is 23.0 Å². The van der Waals surface area contributed by atoms with Gasteiger partial charge in [-0.3, -0.25) is 14.2 Å². The van der Waals surface area contributed by atoms with E-state index >= 15 is 0 Å². The number of carbonyl (C=O) groups excluding carboxylic acids is 1. The van der Waals surface area contributed by atoms with E-state index in [1.807, 2.05) is 6.92 Å². The third kappa shape index (κ3) is 3.57. The van der Waals surface area contributed by atoms with E-state index in [1.54, 1.807) is 0 Å². The van der Waals surface area contributed by atoms with Gasteiger partial charge in [0, 0.05) is 25.2 Å². The second-order valence-electron chi connectivity index (χ2n) is 6.42. The number of fused-ring (bicyclic) bond motifs is 1. The van der Waals surface area contributed by atoms with Gasteiger partial charge < -0.3 is 5.11 Å². The predicted octanol–water partition coefficient (Wildman–Crippen LogP) is 0.444. The monoisotopic (exact) mass is 407 g/mol. The molecular formula is C17H18FN5O4S. The van der Waals surface area contributed by atoms with Crippen LogP contribution in [0.4, 0.5) is 4.39 Å². The summed E-state index contributed by atoms with van der Waals surface area (Å²) < 4.78 is 15.9. The molecule has 0 saturated carbocycles. The summed E-state index contributed by atoms with van der Waals surface area (Å²) in [7, 11) is 2.73. The molecule has 1 aromatic heterocycles. The van der Waals surface area contributed by atoms with Crippen molar-refractivity contribution in [2.45, 2.75) is 24.3 Å². The fourth-order valence-corrected chi connectivity index (χ4v) is 3.79. The molecule has 9 nitrogen and oxygen atoms in total. The topological polar surface area (TPSA) is 119 Å². The van der Waals surface area contributed by atoms with Crippen LogP contribution in [0.2, 0.25) is 0 Å². The van der Waals surface area contributed by atoms with Gasteiger partial charge in [-0.15, -0.1) is 0 Å². The van der Waals surface area contributed by atoms with E-state index in [0.29, 0.717) is 23.3 Å². The number of hydrazone groups is 1. The summed E-state index contributed by atoms with van der Waals surface area (Å²) in [5.41, 5.74) is 2.26. The Bertz CT molecular complexity index is 1110. The maximum atomic E-state index is 14.0. The Morgan fingerprint density at radius 3 is 2.86 bits per heavy atom. The molecule has 1 heterocycles. The quantitative estimate of drug-likeness (QED) is 0.561. The molecule has 11 heteroatoms. The van der Waals surface area contributed by atoms with Crippen molar-refractivity contribution >= 4 is 23.4 Å². The van der Waals surface area contributed by atoms with Gasteiger partial charge in [0.1, 0.15) is 11.6 Å². The Morgan fingerprint density at radius 2 is 2.14 bits per heavy atom. The molecule has 0 fully saturated rings. The minimum Gasteiger partial charge on any atom is -0.507 e. The summed E-state index contributed by atoms with van der Waals surface area (Å²) in [5.74, 6) is -1.36. The first kappa shape index (κ1) is 19.8. The Balaban J connectivity index is 1.72. The largest absolute Gasteiger partial charge is 0.507 e. The second-order valence-corrected chi connectivity index (χ2v) is 7.38. The van der Waals surface area contributed by atoms with Crippen molar-refractivity contribution in [3.8, 4) is 5.75 Å². The number of halogens is 1. The zero-order valence-corrected chi connectivity index (χ0v) is 16.2. The van der Waals surface area contributed by atoms with Crippen LogP contribution in [-0.2, 0) is 18.9 Å². The first-order chi connectivity index (χ1) is 13.2. The van der Waals surface area contributed by atoms with E-state index in [-0.39, 0.29) is 22.4 Å². The maximum Gasteiger partial charge on any atom is 0.346 e. The van der Waals surface area contributed by atoms with Gasteiger partial charge in [-0.1, -0.05) is 18.7 Å². The average molecular weight is 407 g/mol. The van der Waals surface area contributed by atoms with Crippen molar-refractivity contribution < 1.29 is 14.3 Å². The van der Waals surface area contributed by atoms with Crippen molar-refractivity contribution in [3.63, 3.8) is 0 Å². The summed E-state index contributed by atoms with van der Waals surface area (Å²) in [6.45, 7) is 1.81. The molecule has 0 saturated heterocycles. The van der Waals surface area contributed by atoms with Gasteiger partial charge in [0.15, 0.2) is 5.03 Å². The van der Waals surface area contributed by atoms with Crippen molar-refractivity contribution in [3.05, 3.63) is 49.9 Å². The molecule has 0 unspecified atom stereocenters. The van der Waals surface area contributed by atoms with Crippen molar-refractivity contribution in [2.75, 3.05) is 5.75 Å². The van der Waals surface area contributed by atoms with Crippen molar-refractivity contribution in [1.82, 2.24) is 19.8 Å². The Labute approximate surface area is 162 Å². The molecule has 28 heavy (non-hydrogen) atoms. The zero-order chi connectivity index (χ0) is 20.6. The molecule has 0 bridgehead atoms. The number of nitrogens with one attached hydrogen (secondary N) is 1. The number of thioether (sulfide) groups is 1. The molecular weight excluding hydrogens is 389 g/mol. The van der Waals surface area contributed by atoms with Crippen LogP contribution in [0.15, 0.2) is 31.8 Å². The number of carbonyl (C=O) groups is 1. The van der Waals surface area contributed by atoms with Crippen LogP contribution >= 0.6 is 11.8 Å². The first-order valence-corrected chi connectivity index (χ1v) is 9.33. The summed E-state index contributed by atoms with van der Waals surface area (Å²) in [4.78, 5) is 35.7. The number of amides is 1. The smallest absolute Gasteiger partial charge is 0.346 e. The molecule has 2 aromatic rings. The van der Waals surface area contributed by atoms with Crippen LogP contribution in [0.5, 0.6) is 5.75 Å². The highest BCUT2D eigenvalue weighted by Crippen LogP contribution is 2.39. The summed E-state index contributed by atoms with van der Waals surface area (Å²) in [6, 6.07) is 2.45. The lowest BCUT2D eigenvalue weighted by atomic mass is 10.0. The second kappa shape index (κ2) is 7.58. The van der Waals surface area contributed by atoms with E-state index in [9.17, 15) is 23.9 Å². The first-order valence-electron chi connectivity index (χ1n) is 8.35. The minimum atomic E-state index is -0.592. The molecule has 148 valence electrons. The van der Waals surface area contributed by atoms with Crippen LogP contribution in [0, 0.1) is 5.82 Å². The van der Waals surface area contributed by atoms with E-state index in [4.69, 9.17) is 0 Å². The SMILES string of the molecule is C[C@H]1C/C(=N\NC(=O)CSc2nn(C)c(=O)n(C)c2=O)c2c(O)ccc(F)c21. The van der Waals surface area contributed by atoms with Gasteiger partial charge in [-0.2, -0.15) is 10.2 Å². The average Bonchev–Trinajstić information content (AvgIpc) is 3.00. The molecule has 1 amide bonds. The lowest BCUT2D eigenvalue weighted by Gasteiger charge is -2.06. The number of nitrogens with zero attached hydrogens (tertiary/aromatic N) is 4. The minimum absolute atomic E-state index is 0.00644. The maximum absolute atomic E-state index is 14.0. The Kier molecular flexibility index (Phi) is 5.36. The number of rotatable bonds is 4. The third-order valence-corrected chi connectivity index (χ3v) is 5.34. The molecule has 3 rings (SSSR count). The normalized spacial score (nSPS) is 17.0. The highest BCUT2D eigenvalue weighted by molar-refractivity contribution is 7.99. The molecule has 1 aliphatic rings. The lowest BCUT2D eigenvalue weighted by Crippen LogP contribution is -2.39. The van der Waals surface area contributed by atoms with Crippen LogP contribution in [0.3, 0.4) is 0 Å². The third-order valence-electron chi connectivity index (χ3n) is 4.40. The number of benzene rings is 1. The number of aryl methyl sites for hydroxylation is 1. The molecule has 0 spiro atoms. The van der Waals surface area contributed by atoms with Gasteiger partial charge in [0.05, 0.1) is 11.5 Å². The fourth-order valence-electron chi connectivity index (χ4n) is 3.02. The molecule has 0 aliphatic heterocycles. The van der Waals surface area contributed by atoms with Gasteiger partial charge in [0.25, 0.3) is 5.56 Å². The number of hydrogen-bond acceptors (Lipinski definition) is 7. The fraction of sp³-hybridized carbons (Fsp3) is 0.353. The lowest BCUT2D eigenvalue weighted by molar-refractivity contribution is -0.118. The van der Waals surface area contributed by atoms with Crippen molar-refractivity contribution in [1.29, 1.82) is 0 Å². The number of aromatic nitrogens is 3. The molecule has 1 aromatic carbocycles. The Hall–Kier alpha value is -2.95. The predicted molar refractivity (Wildman–Crippen MR) is 101 cm³/mol. The van der Waals surface area contributed by atoms with Gasteiger partial charge >= 0.3 is 5.69 Å². The van der Waals surface area contributed by atoms with Crippen LogP contribution in [-0.4, -0.2) is 36.8 Å². The van der Waals surface area contributed by atoms with E-state index in [2.05, 4.69) is 15.6 Å². The molecule has 0 radical (unpaired) electrons. The molecule has 1 atom stereocenters. The summed E-state index contributed by atoms with van der Waals surface area (Å²) >= 11 is 0.872. The van der Waals surface area contributed by atoms with Crippen LogP contribution < -0.4 is 16.7 Å². The van der Waals surface area contributed by atoms with Gasteiger partial charge in [-0.25, -0.2) is 19.3 Å². The number of phenolic OH excluding ortho intramolecular Hbond substituents is 1. The number of aromatic hydroxyl groups is 1. The highest BCUT2D eigenvalue weighted by Gasteiger charge is 2.30. The van der Waals surface area contributed by atoms with Crippen LogP contribution in [0.1, 0.15) is 30.4 Å². The van der Waals surface area contributed by atoms with Crippen molar-refractivity contribution in [2.24, 2.45) is 19.2 Å². The molecule has 2 N–H and O–H groups in total. The standard InChI is InChI=1S/C17H18FN5O4S/c1-8-6-10(14-11(24)5-4-9(18)13(8)14)19-20-12(25)7-28-15-16(26)22(2)17(27)23(3)21-15/h4-5,8,24H,6-7H2,1-3H3,(H,20,25)/b19-10+/t8-/m0/s1. The van der Waals surface area contributed by atoms with E-state index in [1.165, 1.54) is 26.2 Å². The Morgan fingerprint density at radius 1 is 1.43 bits per heavy atom. The summed E-state index contributed by atoms with van der Waals surface area (Å²) in [6.07, 6.45) is 0.375. The van der Waals surface area contributed by atoms with E-state index in [0.717, 1.165) is 21.0 Å². The van der Waals surface area contributed by atoms with Crippen LogP contribution in [0.25, 0.3) is 0 Å². The summed E-state index contributed by atoms with van der Waals surface area (Å²) in [5, 5.41) is 17.9. The zero-order valence-electron chi connectivity index (χ0n) is 15.4. The number of hydrogen-bond donors (Lipinski definition) is 2. The van der Waals surface area contributed by atoms with Gasteiger partial charge in [0.2, 0.25) is 5.91 Å². The van der Waals surface area contributed by atoms with Gasteiger partial charge in [-0.05, 0) is 24.5 Å².